The third-order valence-electron chi connectivity index (χ3n) is 4.57. The third-order valence-corrected chi connectivity index (χ3v) is 5.86. The molecule has 0 radical (unpaired) electrons. The number of sulfonamides is 1. The lowest BCUT2D eigenvalue weighted by atomic mass is 10.1. The Labute approximate surface area is 175 Å². The van der Waals surface area contributed by atoms with Gasteiger partial charge in [0.1, 0.15) is 4.90 Å². The lowest BCUT2D eigenvalue weighted by Gasteiger charge is -2.13. The molecular formula is C21H22N6O2S. The molecule has 0 atom stereocenters. The summed E-state index contributed by atoms with van der Waals surface area (Å²) in [5.74, 6) is 0.562. The monoisotopic (exact) mass is 422 g/mol. The van der Waals surface area contributed by atoms with E-state index in [9.17, 15) is 8.42 Å². The van der Waals surface area contributed by atoms with Crippen molar-refractivity contribution in [3.05, 3.63) is 72.6 Å². The van der Waals surface area contributed by atoms with Crippen molar-refractivity contribution in [2.75, 3.05) is 16.6 Å². The fourth-order valence-electron chi connectivity index (χ4n) is 3.06. The zero-order valence-electron chi connectivity index (χ0n) is 16.5. The van der Waals surface area contributed by atoms with Crippen LogP contribution in [0, 0.1) is 0 Å². The minimum atomic E-state index is -3.83. The van der Waals surface area contributed by atoms with Crippen LogP contribution in [-0.2, 0) is 23.5 Å². The van der Waals surface area contributed by atoms with E-state index in [-0.39, 0.29) is 10.7 Å². The van der Waals surface area contributed by atoms with E-state index in [2.05, 4.69) is 37.2 Å². The summed E-state index contributed by atoms with van der Waals surface area (Å²) in [7, 11) is -2.17. The SMILES string of the molecule is Cn1cc(S(=O)(=O)Nc2nc3ccccc3nc2NCCCc2ccccc2)cn1. The van der Waals surface area contributed by atoms with Crippen molar-refractivity contribution >= 4 is 32.7 Å². The summed E-state index contributed by atoms with van der Waals surface area (Å²) in [6, 6.07) is 17.5. The molecule has 4 aromatic rings. The summed E-state index contributed by atoms with van der Waals surface area (Å²) in [6.45, 7) is 0.629. The number of fused-ring (bicyclic) bond motifs is 1. The molecule has 30 heavy (non-hydrogen) atoms. The van der Waals surface area contributed by atoms with Gasteiger partial charge in [-0.05, 0) is 30.5 Å². The summed E-state index contributed by atoms with van der Waals surface area (Å²) in [5, 5.41) is 7.17. The Hall–Kier alpha value is -3.46. The number of rotatable bonds is 8. The summed E-state index contributed by atoms with van der Waals surface area (Å²) in [4.78, 5) is 9.13. The maximum Gasteiger partial charge on any atom is 0.266 e. The van der Waals surface area contributed by atoms with Gasteiger partial charge in [0.2, 0.25) is 0 Å². The fraction of sp³-hybridized carbons (Fsp3) is 0.190. The Bertz CT molecular complexity index is 1250. The maximum absolute atomic E-state index is 12.8. The highest BCUT2D eigenvalue weighted by atomic mass is 32.2. The van der Waals surface area contributed by atoms with Crippen LogP contribution >= 0.6 is 0 Å². The van der Waals surface area contributed by atoms with Gasteiger partial charge < -0.3 is 5.32 Å². The summed E-state index contributed by atoms with van der Waals surface area (Å²) in [5.41, 5.74) is 2.55. The van der Waals surface area contributed by atoms with Crippen LogP contribution in [0.25, 0.3) is 11.0 Å². The lowest BCUT2D eigenvalue weighted by molar-refractivity contribution is 0.601. The van der Waals surface area contributed by atoms with Crippen LogP contribution in [-0.4, -0.2) is 34.7 Å². The minimum Gasteiger partial charge on any atom is -0.367 e. The van der Waals surface area contributed by atoms with Gasteiger partial charge in [0.15, 0.2) is 11.6 Å². The zero-order chi connectivity index (χ0) is 21.0. The second kappa shape index (κ2) is 8.50. The van der Waals surface area contributed by atoms with Crippen LogP contribution in [0.2, 0.25) is 0 Å². The molecule has 8 nitrogen and oxygen atoms in total. The first-order chi connectivity index (χ1) is 14.5. The van der Waals surface area contributed by atoms with E-state index in [1.54, 1.807) is 13.1 Å². The van der Waals surface area contributed by atoms with Gasteiger partial charge in [0.05, 0.1) is 17.2 Å². The quantitative estimate of drug-likeness (QED) is 0.423. The van der Waals surface area contributed by atoms with Crippen molar-refractivity contribution in [3.8, 4) is 0 Å². The van der Waals surface area contributed by atoms with Crippen molar-refractivity contribution < 1.29 is 8.42 Å². The van der Waals surface area contributed by atoms with Crippen LogP contribution in [0.4, 0.5) is 11.6 Å². The van der Waals surface area contributed by atoms with Gasteiger partial charge in [0, 0.05) is 19.8 Å². The molecule has 0 amide bonds. The van der Waals surface area contributed by atoms with Crippen molar-refractivity contribution in [2.24, 2.45) is 7.05 Å². The highest BCUT2D eigenvalue weighted by molar-refractivity contribution is 7.92. The van der Waals surface area contributed by atoms with Gasteiger partial charge in [-0.3, -0.25) is 9.40 Å². The molecule has 0 saturated heterocycles. The Morgan fingerprint density at radius 3 is 2.27 bits per heavy atom. The van der Waals surface area contributed by atoms with Crippen LogP contribution < -0.4 is 10.0 Å². The molecule has 2 heterocycles. The van der Waals surface area contributed by atoms with Crippen LogP contribution in [0.1, 0.15) is 12.0 Å². The largest absolute Gasteiger partial charge is 0.367 e. The number of hydrogen-bond donors (Lipinski definition) is 2. The number of para-hydroxylation sites is 2. The molecule has 0 saturated carbocycles. The molecule has 2 aromatic carbocycles. The maximum atomic E-state index is 12.8. The van der Waals surface area contributed by atoms with Gasteiger partial charge >= 0.3 is 0 Å². The van der Waals surface area contributed by atoms with E-state index >= 15 is 0 Å². The predicted molar refractivity (Wildman–Crippen MR) is 117 cm³/mol. The second-order valence-corrected chi connectivity index (χ2v) is 8.56. The molecule has 2 N–H and O–H groups in total. The van der Waals surface area contributed by atoms with E-state index in [0.717, 1.165) is 12.8 Å². The normalized spacial score (nSPS) is 11.5. The van der Waals surface area contributed by atoms with Crippen molar-refractivity contribution in [1.29, 1.82) is 0 Å². The van der Waals surface area contributed by atoms with Crippen molar-refractivity contribution in [3.63, 3.8) is 0 Å². The van der Waals surface area contributed by atoms with Gasteiger partial charge in [0.25, 0.3) is 10.0 Å². The zero-order valence-corrected chi connectivity index (χ0v) is 17.3. The standard InChI is InChI=1S/C21H22N6O2S/c1-27-15-17(14-23-27)30(28,29)26-21-20(24-18-11-5-6-12-19(18)25-21)22-13-7-10-16-8-3-2-4-9-16/h2-6,8-9,11-12,14-15H,7,10,13H2,1H3,(H,22,24)(H,25,26). The Balaban J connectivity index is 1.56. The van der Waals surface area contributed by atoms with Gasteiger partial charge in [-0.15, -0.1) is 0 Å². The van der Waals surface area contributed by atoms with Gasteiger partial charge in [-0.2, -0.15) is 5.10 Å². The summed E-state index contributed by atoms with van der Waals surface area (Å²) >= 11 is 0. The molecule has 4 rings (SSSR count). The Morgan fingerprint density at radius 1 is 0.933 bits per heavy atom. The predicted octanol–water partition coefficient (Wildman–Crippen LogP) is 3.21. The molecule has 0 aliphatic carbocycles. The average Bonchev–Trinajstić information content (AvgIpc) is 3.19. The number of benzene rings is 2. The number of nitrogens with zero attached hydrogens (tertiary/aromatic N) is 4. The molecule has 0 spiro atoms. The van der Waals surface area contributed by atoms with Gasteiger partial charge in [-0.25, -0.2) is 18.4 Å². The number of anilines is 2. The highest BCUT2D eigenvalue weighted by Crippen LogP contribution is 2.24. The third kappa shape index (κ3) is 4.57. The average molecular weight is 423 g/mol. The molecule has 9 heteroatoms. The molecule has 154 valence electrons. The molecular weight excluding hydrogens is 400 g/mol. The second-order valence-electron chi connectivity index (χ2n) is 6.88. The Morgan fingerprint density at radius 2 is 1.60 bits per heavy atom. The Kier molecular flexibility index (Phi) is 5.62. The van der Waals surface area contributed by atoms with Gasteiger partial charge in [-0.1, -0.05) is 42.5 Å². The first kappa shape index (κ1) is 19.8. The first-order valence-corrected chi connectivity index (χ1v) is 11.1. The fourth-order valence-corrected chi connectivity index (χ4v) is 4.05. The molecule has 0 unspecified atom stereocenters. The molecule has 0 aliphatic heterocycles. The van der Waals surface area contributed by atoms with E-state index < -0.39 is 10.0 Å². The van der Waals surface area contributed by atoms with E-state index in [0.29, 0.717) is 23.4 Å². The minimum absolute atomic E-state index is 0.0648. The lowest BCUT2D eigenvalue weighted by Crippen LogP contribution is -2.17. The first-order valence-electron chi connectivity index (χ1n) is 9.57. The van der Waals surface area contributed by atoms with E-state index in [1.807, 2.05) is 36.4 Å². The number of hydrogen-bond acceptors (Lipinski definition) is 6. The van der Waals surface area contributed by atoms with Crippen LogP contribution in [0.15, 0.2) is 71.9 Å². The summed E-state index contributed by atoms with van der Waals surface area (Å²) in [6.07, 6.45) is 4.51. The van der Waals surface area contributed by atoms with E-state index in [1.165, 1.54) is 22.6 Å². The van der Waals surface area contributed by atoms with Crippen LogP contribution in [0.5, 0.6) is 0 Å². The molecule has 0 fully saturated rings. The van der Waals surface area contributed by atoms with Crippen molar-refractivity contribution in [2.45, 2.75) is 17.7 Å². The van der Waals surface area contributed by atoms with Crippen molar-refractivity contribution in [1.82, 2.24) is 19.7 Å². The molecule has 0 aliphatic rings. The summed E-state index contributed by atoms with van der Waals surface area (Å²) < 4.78 is 29.5. The number of aryl methyl sites for hydroxylation is 2. The number of nitrogens with one attached hydrogen (secondary N) is 2. The topological polar surface area (TPSA) is 102 Å². The number of aromatic nitrogens is 4. The molecule has 2 aromatic heterocycles. The molecule has 0 bridgehead atoms. The highest BCUT2D eigenvalue weighted by Gasteiger charge is 2.20. The smallest absolute Gasteiger partial charge is 0.266 e. The van der Waals surface area contributed by atoms with E-state index in [4.69, 9.17) is 0 Å². The van der Waals surface area contributed by atoms with Crippen LogP contribution in [0.3, 0.4) is 0 Å².